The Morgan fingerprint density at radius 3 is 2.79 bits per heavy atom. The van der Waals surface area contributed by atoms with Crippen LogP contribution >= 0.6 is 0 Å². The van der Waals surface area contributed by atoms with Crippen molar-refractivity contribution < 1.29 is 19.0 Å². The number of rotatable bonds is 2. The van der Waals surface area contributed by atoms with Crippen molar-refractivity contribution in [1.82, 2.24) is 0 Å². The minimum Gasteiger partial charge on any atom is -0.450 e. The monoisotopic (exact) mass is 199 g/mol. The fraction of sp³-hybridized carbons (Fsp3) is 0.222. The van der Waals surface area contributed by atoms with Gasteiger partial charge in [-0.15, -0.1) is 0 Å². The third kappa shape index (κ3) is 2.35. The molecule has 0 heterocycles. The first-order valence-electron chi connectivity index (χ1n) is 3.95. The number of halogens is 1. The molecule has 0 aliphatic rings. The van der Waals surface area contributed by atoms with Gasteiger partial charge < -0.3 is 15.6 Å². The van der Waals surface area contributed by atoms with Gasteiger partial charge >= 0.3 is 6.16 Å². The summed E-state index contributed by atoms with van der Waals surface area (Å²) in [5.74, 6) is -0.580. The van der Waals surface area contributed by atoms with Gasteiger partial charge in [0.15, 0.2) is 0 Å². The number of carbonyl (C=O) groups is 1. The molecule has 3 N–H and O–H groups in total. The summed E-state index contributed by atoms with van der Waals surface area (Å²) in [5.41, 5.74) is 5.71. The van der Waals surface area contributed by atoms with E-state index in [1.54, 1.807) is 0 Å². The van der Waals surface area contributed by atoms with Crippen molar-refractivity contribution in [2.75, 3.05) is 5.73 Å². The second-order valence-corrected chi connectivity index (χ2v) is 2.81. The fourth-order valence-electron chi connectivity index (χ4n) is 1.02. The Labute approximate surface area is 80.1 Å². The van der Waals surface area contributed by atoms with Crippen molar-refractivity contribution in [2.45, 2.75) is 13.0 Å². The molecule has 0 saturated carbocycles. The zero-order valence-corrected chi connectivity index (χ0v) is 7.53. The van der Waals surface area contributed by atoms with E-state index in [1.165, 1.54) is 19.1 Å². The predicted molar refractivity (Wildman–Crippen MR) is 48.3 cm³/mol. The Morgan fingerprint density at radius 1 is 1.64 bits per heavy atom. The molecule has 0 saturated heterocycles. The molecule has 76 valence electrons. The van der Waals surface area contributed by atoms with Gasteiger partial charge in [-0.05, 0) is 24.6 Å². The summed E-state index contributed by atoms with van der Waals surface area (Å²) in [6, 6.07) is 4.04. The highest BCUT2D eigenvalue weighted by Gasteiger charge is 2.11. The van der Waals surface area contributed by atoms with Crippen LogP contribution in [0.1, 0.15) is 18.6 Å². The number of anilines is 1. The number of hydrogen-bond donors (Lipinski definition) is 2. The lowest BCUT2D eigenvalue weighted by molar-refractivity contribution is 0.0586. The molecule has 1 aromatic rings. The van der Waals surface area contributed by atoms with Crippen LogP contribution in [0.15, 0.2) is 18.2 Å². The Morgan fingerprint density at radius 2 is 2.29 bits per heavy atom. The molecule has 0 amide bonds. The summed E-state index contributed by atoms with van der Waals surface area (Å²) < 4.78 is 17.4. The van der Waals surface area contributed by atoms with Crippen LogP contribution in [0.3, 0.4) is 0 Å². The third-order valence-electron chi connectivity index (χ3n) is 1.77. The number of carboxylic acid groups (broad SMARTS) is 1. The number of nitrogen functional groups attached to an aromatic ring is 1. The summed E-state index contributed by atoms with van der Waals surface area (Å²) in [4.78, 5) is 10.2. The van der Waals surface area contributed by atoms with Gasteiger partial charge in [-0.3, -0.25) is 0 Å². The van der Waals surface area contributed by atoms with Crippen LogP contribution in [0.25, 0.3) is 0 Å². The molecule has 0 spiro atoms. The van der Waals surface area contributed by atoms with E-state index in [1.807, 2.05) is 0 Å². The SMILES string of the molecule is C[C@H](OC(=O)O)c1ccc(N)c(F)c1. The van der Waals surface area contributed by atoms with Gasteiger partial charge in [0.2, 0.25) is 0 Å². The lowest BCUT2D eigenvalue weighted by atomic mass is 10.1. The summed E-state index contributed by atoms with van der Waals surface area (Å²) in [6.45, 7) is 1.51. The Bertz CT molecular complexity index is 354. The molecule has 5 heteroatoms. The van der Waals surface area contributed by atoms with Gasteiger partial charge in [0, 0.05) is 0 Å². The average Bonchev–Trinajstić information content (AvgIpc) is 2.08. The Balaban J connectivity index is 2.85. The highest BCUT2D eigenvalue weighted by atomic mass is 19.1. The van der Waals surface area contributed by atoms with Crippen LogP contribution in [-0.2, 0) is 4.74 Å². The molecule has 0 bridgehead atoms. The largest absolute Gasteiger partial charge is 0.506 e. The fourth-order valence-corrected chi connectivity index (χ4v) is 1.02. The summed E-state index contributed by atoms with van der Waals surface area (Å²) in [5, 5.41) is 8.33. The molecule has 1 atom stereocenters. The molecule has 0 aliphatic heterocycles. The van der Waals surface area contributed by atoms with Crippen LogP contribution in [0, 0.1) is 5.82 Å². The normalized spacial score (nSPS) is 12.1. The van der Waals surface area contributed by atoms with Crippen molar-refractivity contribution in [1.29, 1.82) is 0 Å². The van der Waals surface area contributed by atoms with E-state index >= 15 is 0 Å². The zero-order chi connectivity index (χ0) is 10.7. The number of hydrogen-bond acceptors (Lipinski definition) is 3. The molecule has 14 heavy (non-hydrogen) atoms. The van der Waals surface area contributed by atoms with Gasteiger partial charge in [-0.2, -0.15) is 0 Å². The minimum atomic E-state index is -1.39. The average molecular weight is 199 g/mol. The molecule has 1 rings (SSSR count). The first-order chi connectivity index (χ1) is 6.50. The number of ether oxygens (including phenoxy) is 1. The second-order valence-electron chi connectivity index (χ2n) is 2.81. The quantitative estimate of drug-likeness (QED) is 0.565. The van der Waals surface area contributed by atoms with Crippen LogP contribution < -0.4 is 5.73 Å². The topological polar surface area (TPSA) is 72.5 Å². The van der Waals surface area contributed by atoms with Crippen molar-refractivity contribution in [3.05, 3.63) is 29.6 Å². The molecule has 0 fully saturated rings. The first kappa shape index (κ1) is 10.3. The van der Waals surface area contributed by atoms with Crippen LogP contribution in [0.4, 0.5) is 14.9 Å². The van der Waals surface area contributed by atoms with Crippen molar-refractivity contribution in [3.8, 4) is 0 Å². The zero-order valence-electron chi connectivity index (χ0n) is 7.53. The number of benzene rings is 1. The van der Waals surface area contributed by atoms with Crippen molar-refractivity contribution in [3.63, 3.8) is 0 Å². The molecular weight excluding hydrogens is 189 g/mol. The third-order valence-corrected chi connectivity index (χ3v) is 1.77. The molecule has 0 unspecified atom stereocenters. The van der Waals surface area contributed by atoms with Crippen LogP contribution in [-0.4, -0.2) is 11.3 Å². The smallest absolute Gasteiger partial charge is 0.450 e. The van der Waals surface area contributed by atoms with Gasteiger partial charge in [0.25, 0.3) is 0 Å². The molecule has 1 aromatic carbocycles. The van der Waals surface area contributed by atoms with Gasteiger partial charge in [0.05, 0.1) is 5.69 Å². The lowest BCUT2D eigenvalue weighted by Gasteiger charge is -2.11. The highest BCUT2D eigenvalue weighted by molar-refractivity contribution is 5.57. The van der Waals surface area contributed by atoms with Crippen molar-refractivity contribution >= 4 is 11.8 Å². The molecule has 0 aromatic heterocycles. The summed E-state index contributed by atoms with van der Waals surface area (Å²) >= 11 is 0. The maximum absolute atomic E-state index is 12.9. The van der Waals surface area contributed by atoms with Crippen molar-refractivity contribution in [2.24, 2.45) is 0 Å². The maximum Gasteiger partial charge on any atom is 0.506 e. The van der Waals surface area contributed by atoms with Gasteiger partial charge in [0.1, 0.15) is 11.9 Å². The molecule has 0 radical (unpaired) electrons. The summed E-state index contributed by atoms with van der Waals surface area (Å²) in [6.07, 6.45) is -2.10. The lowest BCUT2D eigenvalue weighted by Crippen LogP contribution is -2.06. The minimum absolute atomic E-state index is 0.0243. The molecular formula is C9H10FNO3. The predicted octanol–water partition coefficient (Wildman–Crippen LogP) is 2.16. The highest BCUT2D eigenvalue weighted by Crippen LogP contribution is 2.20. The standard InChI is InChI=1S/C9H10FNO3/c1-5(14-9(12)13)6-2-3-8(11)7(10)4-6/h2-5H,11H2,1H3,(H,12,13)/t5-/m0/s1. The van der Waals surface area contributed by atoms with Gasteiger partial charge in [-0.1, -0.05) is 6.07 Å². The van der Waals surface area contributed by atoms with Gasteiger partial charge in [-0.25, -0.2) is 9.18 Å². The number of nitrogens with two attached hydrogens (primary N) is 1. The van der Waals surface area contributed by atoms with E-state index in [0.717, 1.165) is 6.07 Å². The Hall–Kier alpha value is -1.78. The summed E-state index contributed by atoms with van der Waals surface area (Å²) in [7, 11) is 0. The van der Waals surface area contributed by atoms with E-state index in [9.17, 15) is 9.18 Å². The first-order valence-corrected chi connectivity index (χ1v) is 3.95. The van der Waals surface area contributed by atoms with Crippen LogP contribution in [0.5, 0.6) is 0 Å². The van der Waals surface area contributed by atoms with E-state index in [-0.39, 0.29) is 5.69 Å². The van der Waals surface area contributed by atoms with E-state index < -0.39 is 18.1 Å². The van der Waals surface area contributed by atoms with E-state index in [2.05, 4.69) is 4.74 Å². The van der Waals surface area contributed by atoms with E-state index in [4.69, 9.17) is 10.8 Å². The maximum atomic E-state index is 12.9. The molecule has 0 aliphatic carbocycles. The Kier molecular flexibility index (Phi) is 2.91. The van der Waals surface area contributed by atoms with Crippen LogP contribution in [0.2, 0.25) is 0 Å². The second kappa shape index (κ2) is 3.95. The van der Waals surface area contributed by atoms with E-state index in [0.29, 0.717) is 5.56 Å². The molecule has 4 nitrogen and oxygen atoms in total.